The van der Waals surface area contributed by atoms with Gasteiger partial charge in [0.2, 0.25) is 0 Å². The van der Waals surface area contributed by atoms with E-state index in [0.29, 0.717) is 10.9 Å². The van der Waals surface area contributed by atoms with Crippen LogP contribution in [0.15, 0.2) is 36.4 Å². The number of thioether (sulfide) groups is 1. The molecule has 18 heavy (non-hydrogen) atoms. The van der Waals surface area contributed by atoms with Crippen LogP contribution in [-0.2, 0) is 4.79 Å². The lowest BCUT2D eigenvalue weighted by molar-refractivity contribution is -0.109. The number of carbonyl (C=O) groups is 1. The predicted octanol–water partition coefficient (Wildman–Crippen LogP) is 4.18. The quantitative estimate of drug-likeness (QED) is 0.788. The fraction of sp³-hybridized carbons (Fsp3) is 0.143. The van der Waals surface area contributed by atoms with Crippen molar-refractivity contribution >= 4 is 45.5 Å². The van der Waals surface area contributed by atoms with Crippen molar-refractivity contribution in [1.82, 2.24) is 4.98 Å². The van der Waals surface area contributed by atoms with Gasteiger partial charge in [-0.05, 0) is 29.8 Å². The molecular formula is C14H12ClNOS. The average molecular weight is 278 g/mol. The summed E-state index contributed by atoms with van der Waals surface area (Å²) in [6, 6.07) is 9.71. The van der Waals surface area contributed by atoms with Crippen LogP contribution < -0.4 is 0 Å². The molecule has 0 bridgehead atoms. The van der Waals surface area contributed by atoms with Crippen LogP contribution >= 0.6 is 23.4 Å². The number of hydrogen-bond acceptors (Lipinski definition) is 3. The SMILES string of the molecule is CC(=O)SCC=Cc1ccc2nc(Cl)ccc2c1. The van der Waals surface area contributed by atoms with Crippen LogP contribution in [0, 0.1) is 0 Å². The molecule has 0 saturated heterocycles. The monoisotopic (exact) mass is 277 g/mol. The van der Waals surface area contributed by atoms with Gasteiger partial charge in [0.25, 0.3) is 0 Å². The Morgan fingerprint density at radius 1 is 1.39 bits per heavy atom. The second-order valence-electron chi connectivity index (χ2n) is 3.79. The zero-order valence-corrected chi connectivity index (χ0v) is 11.5. The van der Waals surface area contributed by atoms with Gasteiger partial charge in [0, 0.05) is 18.1 Å². The second-order valence-corrected chi connectivity index (χ2v) is 5.38. The van der Waals surface area contributed by atoms with Crippen molar-refractivity contribution in [3.05, 3.63) is 47.1 Å². The molecule has 0 spiro atoms. The van der Waals surface area contributed by atoms with Gasteiger partial charge in [-0.3, -0.25) is 4.79 Å². The molecule has 0 aliphatic carbocycles. The van der Waals surface area contributed by atoms with Crippen molar-refractivity contribution in [2.75, 3.05) is 5.75 Å². The zero-order valence-electron chi connectivity index (χ0n) is 9.89. The van der Waals surface area contributed by atoms with E-state index in [4.69, 9.17) is 11.6 Å². The average Bonchev–Trinajstić information content (AvgIpc) is 2.34. The maximum absolute atomic E-state index is 10.8. The Labute approximate surface area is 115 Å². The third-order valence-corrected chi connectivity index (χ3v) is 3.35. The molecule has 1 heterocycles. The Bertz CT molecular complexity index is 610. The number of pyridine rings is 1. The number of halogens is 1. The molecule has 1 aromatic carbocycles. The van der Waals surface area contributed by atoms with Crippen LogP contribution in [0.1, 0.15) is 12.5 Å². The summed E-state index contributed by atoms with van der Waals surface area (Å²) < 4.78 is 0. The number of nitrogens with zero attached hydrogens (tertiary/aromatic N) is 1. The highest BCUT2D eigenvalue weighted by Gasteiger charge is 1.97. The van der Waals surface area contributed by atoms with E-state index in [0.717, 1.165) is 16.5 Å². The number of benzene rings is 1. The van der Waals surface area contributed by atoms with Crippen molar-refractivity contribution < 1.29 is 4.79 Å². The summed E-state index contributed by atoms with van der Waals surface area (Å²) in [7, 11) is 0. The molecular weight excluding hydrogens is 266 g/mol. The fourth-order valence-electron chi connectivity index (χ4n) is 1.57. The Kier molecular flexibility index (Phi) is 4.39. The first-order chi connectivity index (χ1) is 8.65. The van der Waals surface area contributed by atoms with Gasteiger partial charge in [-0.15, -0.1) is 0 Å². The van der Waals surface area contributed by atoms with E-state index in [9.17, 15) is 4.79 Å². The molecule has 1 aromatic heterocycles. The molecule has 0 atom stereocenters. The van der Waals surface area contributed by atoms with Crippen molar-refractivity contribution in [1.29, 1.82) is 0 Å². The summed E-state index contributed by atoms with van der Waals surface area (Å²) in [5, 5.41) is 1.70. The topological polar surface area (TPSA) is 30.0 Å². The molecule has 0 saturated carbocycles. The molecule has 0 fully saturated rings. The summed E-state index contributed by atoms with van der Waals surface area (Å²) in [6.07, 6.45) is 3.99. The van der Waals surface area contributed by atoms with Crippen LogP contribution in [-0.4, -0.2) is 15.9 Å². The van der Waals surface area contributed by atoms with Gasteiger partial charge >= 0.3 is 0 Å². The Morgan fingerprint density at radius 2 is 2.22 bits per heavy atom. The van der Waals surface area contributed by atoms with Gasteiger partial charge in [0.15, 0.2) is 5.12 Å². The first-order valence-electron chi connectivity index (χ1n) is 5.51. The summed E-state index contributed by atoms with van der Waals surface area (Å²) in [5.74, 6) is 0.701. The molecule has 2 rings (SSSR count). The van der Waals surface area contributed by atoms with E-state index in [1.807, 2.05) is 36.4 Å². The van der Waals surface area contributed by atoms with E-state index in [1.54, 1.807) is 13.0 Å². The Balaban J connectivity index is 2.15. The Morgan fingerprint density at radius 3 is 3.00 bits per heavy atom. The fourth-order valence-corrected chi connectivity index (χ4v) is 2.15. The highest BCUT2D eigenvalue weighted by Crippen LogP contribution is 2.18. The zero-order chi connectivity index (χ0) is 13.0. The molecule has 0 radical (unpaired) electrons. The van der Waals surface area contributed by atoms with E-state index >= 15 is 0 Å². The van der Waals surface area contributed by atoms with Crippen molar-refractivity contribution in [2.24, 2.45) is 0 Å². The van der Waals surface area contributed by atoms with Crippen molar-refractivity contribution in [2.45, 2.75) is 6.92 Å². The minimum atomic E-state index is 0.136. The van der Waals surface area contributed by atoms with Gasteiger partial charge in [-0.1, -0.05) is 41.6 Å². The normalized spacial score (nSPS) is 11.2. The third kappa shape index (κ3) is 3.59. The number of hydrogen-bond donors (Lipinski definition) is 0. The number of rotatable bonds is 3. The largest absolute Gasteiger partial charge is 0.288 e. The van der Waals surface area contributed by atoms with Crippen LogP contribution in [0.5, 0.6) is 0 Å². The van der Waals surface area contributed by atoms with Gasteiger partial charge in [-0.25, -0.2) is 4.98 Å². The van der Waals surface area contributed by atoms with Crippen molar-refractivity contribution in [3.8, 4) is 0 Å². The molecule has 0 aliphatic heterocycles. The van der Waals surface area contributed by atoms with E-state index < -0.39 is 0 Å². The summed E-state index contributed by atoms with van der Waals surface area (Å²) in [5.41, 5.74) is 1.98. The van der Waals surface area contributed by atoms with Gasteiger partial charge in [0.1, 0.15) is 5.15 Å². The smallest absolute Gasteiger partial charge is 0.186 e. The summed E-state index contributed by atoms with van der Waals surface area (Å²) in [4.78, 5) is 15.0. The maximum atomic E-state index is 10.8. The van der Waals surface area contributed by atoms with Crippen LogP contribution in [0.4, 0.5) is 0 Å². The first kappa shape index (κ1) is 13.1. The molecule has 0 aliphatic rings. The molecule has 0 unspecified atom stereocenters. The van der Waals surface area contributed by atoms with Crippen LogP contribution in [0.25, 0.3) is 17.0 Å². The highest BCUT2D eigenvalue weighted by atomic mass is 35.5. The minimum Gasteiger partial charge on any atom is -0.288 e. The Hall–Kier alpha value is -1.32. The second kappa shape index (κ2) is 6.03. The molecule has 4 heteroatoms. The van der Waals surface area contributed by atoms with Crippen LogP contribution in [0.3, 0.4) is 0 Å². The number of carbonyl (C=O) groups excluding carboxylic acids is 1. The van der Waals surface area contributed by atoms with Gasteiger partial charge in [-0.2, -0.15) is 0 Å². The van der Waals surface area contributed by atoms with E-state index in [1.165, 1.54) is 11.8 Å². The molecule has 2 aromatic rings. The molecule has 0 N–H and O–H groups in total. The predicted molar refractivity (Wildman–Crippen MR) is 78.9 cm³/mol. The molecule has 92 valence electrons. The number of fused-ring (bicyclic) bond motifs is 1. The lowest BCUT2D eigenvalue weighted by atomic mass is 10.1. The summed E-state index contributed by atoms with van der Waals surface area (Å²) in [6.45, 7) is 1.57. The van der Waals surface area contributed by atoms with Crippen molar-refractivity contribution in [3.63, 3.8) is 0 Å². The third-order valence-electron chi connectivity index (χ3n) is 2.37. The highest BCUT2D eigenvalue weighted by molar-refractivity contribution is 8.13. The van der Waals surface area contributed by atoms with Gasteiger partial charge in [0.05, 0.1) is 5.52 Å². The van der Waals surface area contributed by atoms with E-state index in [2.05, 4.69) is 4.98 Å². The molecule has 0 amide bonds. The summed E-state index contributed by atoms with van der Waals surface area (Å²) >= 11 is 7.13. The van der Waals surface area contributed by atoms with Gasteiger partial charge < -0.3 is 0 Å². The minimum absolute atomic E-state index is 0.136. The lowest BCUT2D eigenvalue weighted by Gasteiger charge is -1.99. The maximum Gasteiger partial charge on any atom is 0.186 e. The first-order valence-corrected chi connectivity index (χ1v) is 6.88. The number of aromatic nitrogens is 1. The lowest BCUT2D eigenvalue weighted by Crippen LogP contribution is -1.83. The van der Waals surface area contributed by atoms with Crippen LogP contribution in [0.2, 0.25) is 5.15 Å². The van der Waals surface area contributed by atoms with E-state index in [-0.39, 0.29) is 5.12 Å². The standard InChI is InChI=1S/C14H12ClNOS/c1-10(17)18-8-2-3-11-4-6-13-12(9-11)5-7-14(15)16-13/h2-7,9H,8H2,1H3. The molecule has 2 nitrogen and oxygen atoms in total.